The molecule has 0 spiro atoms. The van der Waals surface area contributed by atoms with Crippen LogP contribution in [-0.2, 0) is 5.41 Å². The summed E-state index contributed by atoms with van der Waals surface area (Å²) in [6.45, 7) is 0.919. The summed E-state index contributed by atoms with van der Waals surface area (Å²) in [7, 11) is 0. The first-order chi connectivity index (χ1) is 6.53. The van der Waals surface area contributed by atoms with Crippen molar-refractivity contribution in [3.63, 3.8) is 0 Å². The number of halogens is 2. The van der Waals surface area contributed by atoms with Crippen LogP contribution in [0.15, 0.2) is 18.2 Å². The second-order valence-corrected chi connectivity index (χ2v) is 3.51. The van der Waals surface area contributed by atoms with Crippen LogP contribution in [0.3, 0.4) is 0 Å². The zero-order chi connectivity index (χ0) is 10.8. The van der Waals surface area contributed by atoms with Gasteiger partial charge in [-0.05, 0) is 17.7 Å². The van der Waals surface area contributed by atoms with E-state index < -0.39 is 17.0 Å². The highest BCUT2D eigenvalue weighted by Gasteiger charge is 2.25. The van der Waals surface area contributed by atoms with E-state index in [1.165, 1.54) is 6.07 Å². The van der Waals surface area contributed by atoms with E-state index in [1.807, 2.05) is 0 Å². The van der Waals surface area contributed by atoms with E-state index in [1.54, 1.807) is 6.92 Å². The highest BCUT2D eigenvalue weighted by Crippen LogP contribution is 2.24. The molecule has 78 valence electrons. The van der Waals surface area contributed by atoms with Gasteiger partial charge in [0.25, 0.3) is 0 Å². The fourth-order valence-corrected chi connectivity index (χ4v) is 1.10. The molecule has 14 heavy (non-hydrogen) atoms. The normalized spacial score (nSPS) is 11.8. The molecular formula is C10H12F2O2. The second-order valence-electron chi connectivity index (χ2n) is 3.51. The molecule has 0 atom stereocenters. The van der Waals surface area contributed by atoms with E-state index in [4.69, 9.17) is 10.2 Å². The predicted molar refractivity (Wildman–Crippen MR) is 47.9 cm³/mol. The summed E-state index contributed by atoms with van der Waals surface area (Å²) >= 11 is 0. The zero-order valence-electron chi connectivity index (χ0n) is 7.80. The van der Waals surface area contributed by atoms with Gasteiger partial charge in [0.1, 0.15) is 0 Å². The average Bonchev–Trinajstić information content (AvgIpc) is 2.21. The van der Waals surface area contributed by atoms with Crippen molar-refractivity contribution >= 4 is 0 Å². The van der Waals surface area contributed by atoms with Crippen molar-refractivity contribution in [2.45, 2.75) is 12.3 Å². The quantitative estimate of drug-likeness (QED) is 0.773. The van der Waals surface area contributed by atoms with Gasteiger partial charge in [-0.1, -0.05) is 13.0 Å². The van der Waals surface area contributed by atoms with Crippen molar-refractivity contribution in [3.8, 4) is 0 Å². The van der Waals surface area contributed by atoms with Gasteiger partial charge in [0, 0.05) is 5.41 Å². The fourth-order valence-electron chi connectivity index (χ4n) is 1.10. The number of rotatable bonds is 3. The summed E-state index contributed by atoms with van der Waals surface area (Å²) in [4.78, 5) is 0. The molecule has 0 saturated carbocycles. The van der Waals surface area contributed by atoms with E-state index >= 15 is 0 Å². The zero-order valence-corrected chi connectivity index (χ0v) is 7.80. The monoisotopic (exact) mass is 202 g/mol. The Balaban J connectivity index is 3.12. The van der Waals surface area contributed by atoms with Crippen LogP contribution in [0.5, 0.6) is 0 Å². The third kappa shape index (κ3) is 1.91. The Labute approximate surface area is 80.8 Å². The molecule has 1 rings (SSSR count). The van der Waals surface area contributed by atoms with Crippen LogP contribution in [0.2, 0.25) is 0 Å². The van der Waals surface area contributed by atoms with E-state index in [0.717, 1.165) is 12.1 Å². The highest BCUT2D eigenvalue weighted by molar-refractivity contribution is 5.26. The van der Waals surface area contributed by atoms with E-state index in [9.17, 15) is 8.78 Å². The number of benzene rings is 1. The third-order valence-corrected chi connectivity index (χ3v) is 2.31. The topological polar surface area (TPSA) is 40.5 Å². The number of aliphatic hydroxyl groups excluding tert-OH is 2. The minimum atomic E-state index is -0.976. The first-order valence-corrected chi connectivity index (χ1v) is 4.21. The molecule has 1 aromatic rings. The number of aliphatic hydroxyl groups is 2. The molecule has 0 aromatic heterocycles. The van der Waals surface area contributed by atoms with Crippen LogP contribution >= 0.6 is 0 Å². The van der Waals surface area contributed by atoms with Crippen molar-refractivity contribution in [2.24, 2.45) is 0 Å². The molecule has 0 amide bonds. The van der Waals surface area contributed by atoms with Gasteiger partial charge in [-0.25, -0.2) is 8.78 Å². The molecule has 4 heteroatoms. The minimum Gasteiger partial charge on any atom is -0.395 e. The number of hydrogen-bond donors (Lipinski definition) is 2. The molecule has 0 heterocycles. The second kappa shape index (κ2) is 4.02. The lowest BCUT2D eigenvalue weighted by molar-refractivity contribution is 0.129. The van der Waals surface area contributed by atoms with Gasteiger partial charge < -0.3 is 10.2 Å². The van der Waals surface area contributed by atoms with Gasteiger partial charge in [-0.15, -0.1) is 0 Å². The lowest BCUT2D eigenvalue weighted by Crippen LogP contribution is -2.31. The third-order valence-electron chi connectivity index (χ3n) is 2.31. The molecule has 0 aliphatic heterocycles. The van der Waals surface area contributed by atoms with Crippen molar-refractivity contribution in [3.05, 3.63) is 35.4 Å². The summed E-state index contributed by atoms with van der Waals surface area (Å²) in [6, 6.07) is 3.32. The molecule has 0 aliphatic rings. The SMILES string of the molecule is CC(CO)(CO)c1ccc(F)c(F)c1. The maximum atomic E-state index is 12.8. The van der Waals surface area contributed by atoms with Crippen LogP contribution in [0.25, 0.3) is 0 Å². The Bertz CT molecular complexity index is 322. The van der Waals surface area contributed by atoms with Crippen LogP contribution in [0.4, 0.5) is 8.78 Å². The maximum Gasteiger partial charge on any atom is 0.159 e. The van der Waals surface area contributed by atoms with Gasteiger partial charge in [-0.2, -0.15) is 0 Å². The average molecular weight is 202 g/mol. The van der Waals surface area contributed by atoms with Gasteiger partial charge in [0.2, 0.25) is 0 Å². The Kier molecular flexibility index (Phi) is 3.18. The Morgan fingerprint density at radius 3 is 2.14 bits per heavy atom. The Morgan fingerprint density at radius 1 is 1.14 bits per heavy atom. The van der Waals surface area contributed by atoms with Crippen LogP contribution in [0, 0.1) is 11.6 Å². The Hall–Kier alpha value is -1.00. The first kappa shape index (κ1) is 11.1. The van der Waals surface area contributed by atoms with E-state index in [-0.39, 0.29) is 13.2 Å². The molecular weight excluding hydrogens is 190 g/mol. The summed E-state index contributed by atoms with van der Waals surface area (Å²) in [6.07, 6.45) is 0. The fraction of sp³-hybridized carbons (Fsp3) is 0.400. The molecule has 0 saturated heterocycles. The van der Waals surface area contributed by atoms with Crippen LogP contribution in [-0.4, -0.2) is 23.4 Å². The lowest BCUT2D eigenvalue weighted by Gasteiger charge is -2.25. The van der Waals surface area contributed by atoms with E-state index in [0.29, 0.717) is 5.56 Å². The summed E-state index contributed by atoms with van der Waals surface area (Å²) in [5.41, 5.74) is -0.560. The highest BCUT2D eigenvalue weighted by atomic mass is 19.2. The van der Waals surface area contributed by atoms with Gasteiger partial charge >= 0.3 is 0 Å². The largest absolute Gasteiger partial charge is 0.395 e. The van der Waals surface area contributed by atoms with Gasteiger partial charge in [0.15, 0.2) is 11.6 Å². The van der Waals surface area contributed by atoms with Crippen molar-refractivity contribution in [1.29, 1.82) is 0 Å². The molecule has 0 unspecified atom stereocenters. The van der Waals surface area contributed by atoms with Gasteiger partial charge in [-0.3, -0.25) is 0 Å². The smallest absolute Gasteiger partial charge is 0.159 e. The van der Waals surface area contributed by atoms with E-state index in [2.05, 4.69) is 0 Å². The van der Waals surface area contributed by atoms with Crippen molar-refractivity contribution < 1.29 is 19.0 Å². The van der Waals surface area contributed by atoms with Crippen LogP contribution in [0.1, 0.15) is 12.5 Å². The van der Waals surface area contributed by atoms with Gasteiger partial charge in [0.05, 0.1) is 13.2 Å². The molecule has 0 radical (unpaired) electrons. The molecule has 1 aromatic carbocycles. The standard InChI is InChI=1S/C10H12F2O2/c1-10(5-13,6-14)7-2-3-8(11)9(12)4-7/h2-4,13-14H,5-6H2,1H3. The number of hydrogen-bond acceptors (Lipinski definition) is 2. The predicted octanol–water partition coefficient (Wildman–Crippen LogP) is 1.21. The van der Waals surface area contributed by atoms with Crippen molar-refractivity contribution in [2.75, 3.05) is 13.2 Å². The first-order valence-electron chi connectivity index (χ1n) is 4.21. The van der Waals surface area contributed by atoms with Crippen LogP contribution < -0.4 is 0 Å². The maximum absolute atomic E-state index is 12.8. The van der Waals surface area contributed by atoms with Crippen molar-refractivity contribution in [1.82, 2.24) is 0 Å². The molecule has 0 bridgehead atoms. The molecule has 2 N–H and O–H groups in total. The molecule has 0 aliphatic carbocycles. The molecule has 2 nitrogen and oxygen atoms in total. The molecule has 0 fully saturated rings. The Morgan fingerprint density at radius 2 is 1.71 bits per heavy atom. The lowest BCUT2D eigenvalue weighted by atomic mass is 9.84. The summed E-state index contributed by atoms with van der Waals surface area (Å²) < 4.78 is 25.4. The summed E-state index contributed by atoms with van der Waals surface area (Å²) in [5.74, 6) is -1.91. The minimum absolute atomic E-state index is 0.325. The summed E-state index contributed by atoms with van der Waals surface area (Å²) in [5, 5.41) is 18.0.